The Balaban J connectivity index is 2.24. The highest BCUT2D eigenvalue weighted by atomic mass is 32.1. The summed E-state index contributed by atoms with van der Waals surface area (Å²) in [7, 11) is 0. The zero-order valence-corrected chi connectivity index (χ0v) is 13.8. The number of thiophene rings is 1. The van der Waals surface area contributed by atoms with Crippen LogP contribution < -0.4 is 11.1 Å². The van der Waals surface area contributed by atoms with Gasteiger partial charge in [-0.1, -0.05) is 27.7 Å². The Labute approximate surface area is 125 Å². The Morgan fingerprint density at radius 2 is 2.15 bits per heavy atom. The number of hydrogen-bond acceptors (Lipinski definition) is 3. The van der Waals surface area contributed by atoms with Gasteiger partial charge in [-0.15, -0.1) is 11.3 Å². The number of anilines is 1. The summed E-state index contributed by atoms with van der Waals surface area (Å²) in [6.07, 6.45) is 4.15. The van der Waals surface area contributed by atoms with Gasteiger partial charge in [0, 0.05) is 11.4 Å². The van der Waals surface area contributed by atoms with Crippen molar-refractivity contribution in [3.8, 4) is 0 Å². The summed E-state index contributed by atoms with van der Waals surface area (Å²) >= 11 is 1.62. The van der Waals surface area contributed by atoms with Gasteiger partial charge in [0.05, 0.1) is 10.6 Å². The Morgan fingerprint density at radius 3 is 2.75 bits per heavy atom. The minimum Gasteiger partial charge on any atom is -0.390 e. The number of nitrogens with two attached hydrogens (primary N) is 1. The Morgan fingerprint density at radius 1 is 1.45 bits per heavy atom. The fourth-order valence-electron chi connectivity index (χ4n) is 2.92. The van der Waals surface area contributed by atoms with Gasteiger partial charge in [-0.2, -0.15) is 0 Å². The quantitative estimate of drug-likeness (QED) is 0.894. The summed E-state index contributed by atoms with van der Waals surface area (Å²) in [5.74, 6) is 0.690. The van der Waals surface area contributed by atoms with Gasteiger partial charge in [0.2, 0.25) is 0 Å². The number of nitrogen functional groups attached to an aromatic ring is 1. The standard InChI is InChI=1S/C16H26N2OS/c1-5-8-18-15(19)13-11-7-6-10(16(2,3)4)9-12(11)20-14(13)17/h10H,5-9,17H2,1-4H3,(H,18,19). The van der Waals surface area contributed by atoms with Crippen LogP contribution in [0.3, 0.4) is 0 Å². The number of nitrogens with one attached hydrogen (secondary N) is 1. The molecule has 0 bridgehead atoms. The molecule has 1 atom stereocenters. The second kappa shape index (κ2) is 5.76. The number of rotatable bonds is 3. The van der Waals surface area contributed by atoms with Crippen LogP contribution in [0.2, 0.25) is 0 Å². The van der Waals surface area contributed by atoms with Gasteiger partial charge in [-0.3, -0.25) is 4.79 Å². The van der Waals surface area contributed by atoms with Crippen LogP contribution in [-0.2, 0) is 12.8 Å². The fourth-order valence-corrected chi connectivity index (χ4v) is 4.12. The van der Waals surface area contributed by atoms with E-state index in [4.69, 9.17) is 5.73 Å². The first-order chi connectivity index (χ1) is 9.34. The fraction of sp³-hybridized carbons (Fsp3) is 0.688. The molecule has 4 heteroatoms. The van der Waals surface area contributed by atoms with Crippen molar-refractivity contribution < 1.29 is 4.79 Å². The van der Waals surface area contributed by atoms with Gasteiger partial charge >= 0.3 is 0 Å². The normalized spacial score (nSPS) is 18.7. The highest BCUT2D eigenvalue weighted by Crippen LogP contribution is 2.43. The first-order valence-electron chi connectivity index (χ1n) is 7.52. The van der Waals surface area contributed by atoms with Crippen molar-refractivity contribution >= 4 is 22.2 Å². The smallest absolute Gasteiger partial charge is 0.254 e. The lowest BCUT2D eigenvalue weighted by Gasteiger charge is -2.33. The molecule has 1 aromatic heterocycles. The maximum atomic E-state index is 12.3. The molecule has 0 radical (unpaired) electrons. The van der Waals surface area contributed by atoms with Crippen LogP contribution in [0.5, 0.6) is 0 Å². The first kappa shape index (κ1) is 15.4. The van der Waals surface area contributed by atoms with Gasteiger partial charge in [-0.25, -0.2) is 0 Å². The molecule has 0 spiro atoms. The van der Waals surface area contributed by atoms with Gasteiger partial charge < -0.3 is 11.1 Å². The molecule has 112 valence electrons. The molecular weight excluding hydrogens is 268 g/mol. The molecule has 0 fully saturated rings. The summed E-state index contributed by atoms with van der Waals surface area (Å²) < 4.78 is 0. The molecule has 0 saturated heterocycles. The van der Waals surface area contributed by atoms with Crippen LogP contribution in [0.15, 0.2) is 0 Å². The molecule has 20 heavy (non-hydrogen) atoms. The maximum Gasteiger partial charge on any atom is 0.254 e. The average molecular weight is 294 g/mol. The second-order valence-electron chi connectivity index (χ2n) is 6.80. The zero-order valence-electron chi connectivity index (χ0n) is 13.0. The van der Waals surface area contributed by atoms with Crippen LogP contribution in [0.4, 0.5) is 5.00 Å². The molecule has 0 aliphatic heterocycles. The van der Waals surface area contributed by atoms with Crippen molar-refractivity contribution in [1.29, 1.82) is 0 Å². The largest absolute Gasteiger partial charge is 0.390 e. The van der Waals surface area contributed by atoms with E-state index in [1.807, 2.05) is 0 Å². The number of hydrogen-bond donors (Lipinski definition) is 2. The van der Waals surface area contributed by atoms with Crippen molar-refractivity contribution in [2.24, 2.45) is 11.3 Å². The SMILES string of the molecule is CCCNC(=O)c1c(N)sc2c1CCC(C(C)(C)C)C2. The van der Waals surface area contributed by atoms with Gasteiger partial charge in [-0.05, 0) is 42.6 Å². The lowest BCUT2D eigenvalue weighted by Crippen LogP contribution is -2.28. The minimum absolute atomic E-state index is 0.0102. The molecule has 1 aliphatic carbocycles. The van der Waals surface area contributed by atoms with Crippen LogP contribution >= 0.6 is 11.3 Å². The molecule has 1 amide bonds. The summed E-state index contributed by atoms with van der Waals surface area (Å²) in [5.41, 5.74) is 8.39. The maximum absolute atomic E-state index is 12.3. The molecule has 3 nitrogen and oxygen atoms in total. The van der Waals surface area contributed by atoms with E-state index in [-0.39, 0.29) is 5.91 Å². The van der Waals surface area contributed by atoms with E-state index in [0.29, 0.717) is 22.9 Å². The third-order valence-electron chi connectivity index (χ3n) is 4.28. The van der Waals surface area contributed by atoms with Crippen molar-refractivity contribution in [3.05, 3.63) is 16.0 Å². The van der Waals surface area contributed by atoms with Crippen molar-refractivity contribution in [2.45, 2.75) is 53.4 Å². The van der Waals surface area contributed by atoms with Crippen LogP contribution in [0, 0.1) is 11.3 Å². The first-order valence-corrected chi connectivity index (χ1v) is 8.34. The van der Waals surface area contributed by atoms with E-state index in [1.165, 1.54) is 10.4 Å². The minimum atomic E-state index is 0.0102. The van der Waals surface area contributed by atoms with Crippen molar-refractivity contribution in [2.75, 3.05) is 12.3 Å². The average Bonchev–Trinajstić information content (AvgIpc) is 2.69. The summed E-state index contributed by atoms with van der Waals surface area (Å²) in [6.45, 7) is 9.67. The summed E-state index contributed by atoms with van der Waals surface area (Å²) in [6, 6.07) is 0. The second-order valence-corrected chi connectivity index (χ2v) is 7.94. The Hall–Kier alpha value is -1.03. The molecule has 1 aromatic rings. The Kier molecular flexibility index (Phi) is 4.43. The van der Waals surface area contributed by atoms with Crippen molar-refractivity contribution in [3.63, 3.8) is 0 Å². The lowest BCUT2D eigenvalue weighted by molar-refractivity contribution is 0.0953. The van der Waals surface area contributed by atoms with Gasteiger partial charge in [0.25, 0.3) is 5.91 Å². The molecule has 3 N–H and O–H groups in total. The molecule has 1 heterocycles. The third kappa shape index (κ3) is 3.00. The summed E-state index contributed by atoms with van der Waals surface area (Å²) in [4.78, 5) is 13.6. The van der Waals surface area contributed by atoms with E-state index >= 15 is 0 Å². The molecule has 0 saturated carbocycles. The molecule has 1 unspecified atom stereocenters. The molecule has 2 rings (SSSR count). The van der Waals surface area contributed by atoms with Crippen LogP contribution in [-0.4, -0.2) is 12.5 Å². The zero-order chi connectivity index (χ0) is 14.9. The van der Waals surface area contributed by atoms with Crippen LogP contribution in [0.1, 0.15) is 61.3 Å². The van der Waals surface area contributed by atoms with Crippen LogP contribution in [0.25, 0.3) is 0 Å². The number of carbonyl (C=O) groups excluding carboxylic acids is 1. The van der Waals surface area contributed by atoms with Gasteiger partial charge in [0.1, 0.15) is 0 Å². The van der Waals surface area contributed by atoms with E-state index in [9.17, 15) is 4.79 Å². The van der Waals surface area contributed by atoms with E-state index in [2.05, 4.69) is 33.0 Å². The van der Waals surface area contributed by atoms with Gasteiger partial charge in [0.15, 0.2) is 0 Å². The monoisotopic (exact) mass is 294 g/mol. The molecule has 0 aromatic carbocycles. The Bertz CT molecular complexity index is 499. The van der Waals surface area contributed by atoms with E-state index in [1.54, 1.807) is 11.3 Å². The molecule has 1 aliphatic rings. The van der Waals surface area contributed by atoms with Crippen molar-refractivity contribution in [1.82, 2.24) is 5.32 Å². The highest BCUT2D eigenvalue weighted by molar-refractivity contribution is 7.16. The number of fused-ring (bicyclic) bond motifs is 1. The number of amides is 1. The highest BCUT2D eigenvalue weighted by Gasteiger charge is 2.33. The molecular formula is C16H26N2OS. The lowest BCUT2D eigenvalue weighted by atomic mass is 9.72. The predicted octanol–water partition coefficient (Wildman–Crippen LogP) is 3.62. The van der Waals surface area contributed by atoms with E-state index in [0.717, 1.165) is 31.2 Å². The predicted molar refractivity (Wildman–Crippen MR) is 86.3 cm³/mol. The number of carbonyl (C=O) groups is 1. The topological polar surface area (TPSA) is 55.1 Å². The third-order valence-corrected chi connectivity index (χ3v) is 5.36. The summed E-state index contributed by atoms with van der Waals surface area (Å²) in [5, 5.41) is 3.65. The van der Waals surface area contributed by atoms with E-state index < -0.39 is 0 Å².